The number of hydrogen-bond donors (Lipinski definition) is 2. The summed E-state index contributed by atoms with van der Waals surface area (Å²) >= 11 is 0. The zero-order valence-corrected chi connectivity index (χ0v) is 12.7. The van der Waals surface area contributed by atoms with Crippen LogP contribution < -0.4 is 0 Å². The average molecular weight is 318 g/mol. The summed E-state index contributed by atoms with van der Waals surface area (Å²) in [4.78, 5) is 18.5. The van der Waals surface area contributed by atoms with E-state index in [4.69, 9.17) is 0 Å². The van der Waals surface area contributed by atoms with Crippen molar-refractivity contribution in [3.8, 4) is 0 Å². The molecule has 23 heavy (non-hydrogen) atoms. The molecule has 6 nitrogen and oxygen atoms in total. The quantitative estimate of drug-likeness (QED) is 0.904. The summed E-state index contributed by atoms with van der Waals surface area (Å²) in [6, 6.07) is 5.56. The maximum Gasteiger partial charge on any atom is 0.226 e. The van der Waals surface area contributed by atoms with Crippen molar-refractivity contribution in [1.29, 1.82) is 0 Å². The minimum atomic E-state index is -1.02. The highest BCUT2D eigenvalue weighted by Crippen LogP contribution is 2.30. The normalized spacial score (nSPS) is 19.6. The second-order valence-corrected chi connectivity index (χ2v) is 5.74. The molecule has 0 saturated carbocycles. The summed E-state index contributed by atoms with van der Waals surface area (Å²) in [5.74, 6) is 0.0765. The van der Waals surface area contributed by atoms with Gasteiger partial charge >= 0.3 is 0 Å². The first-order chi connectivity index (χ1) is 11.1. The van der Waals surface area contributed by atoms with Gasteiger partial charge in [-0.1, -0.05) is 12.1 Å². The van der Waals surface area contributed by atoms with Gasteiger partial charge in [0.25, 0.3) is 0 Å². The number of halogens is 1. The van der Waals surface area contributed by atoms with Gasteiger partial charge in [-0.3, -0.25) is 9.89 Å². The molecule has 0 bridgehead atoms. The van der Waals surface area contributed by atoms with Crippen LogP contribution in [-0.4, -0.2) is 37.6 Å². The number of nitrogens with one attached hydrogen (secondary N) is 1. The smallest absolute Gasteiger partial charge is 0.226 e. The summed E-state index contributed by atoms with van der Waals surface area (Å²) in [5.41, 5.74) is 0.409. The third-order valence-electron chi connectivity index (χ3n) is 4.17. The van der Waals surface area contributed by atoms with Gasteiger partial charge in [-0.2, -0.15) is 5.10 Å². The van der Waals surface area contributed by atoms with Gasteiger partial charge < -0.3 is 10.0 Å². The third kappa shape index (κ3) is 3.56. The molecule has 1 aromatic carbocycles. The number of benzene rings is 1. The Bertz CT molecular complexity index is 662. The van der Waals surface area contributed by atoms with Gasteiger partial charge in [-0.15, -0.1) is 0 Å². The lowest BCUT2D eigenvalue weighted by molar-refractivity contribution is -0.137. The fourth-order valence-electron chi connectivity index (χ4n) is 3.00. The fraction of sp³-hybridized carbons (Fsp3) is 0.438. The fourth-order valence-corrected chi connectivity index (χ4v) is 3.00. The zero-order chi connectivity index (χ0) is 16.2. The summed E-state index contributed by atoms with van der Waals surface area (Å²) in [7, 11) is 0. The Morgan fingerprint density at radius 3 is 3.09 bits per heavy atom. The van der Waals surface area contributed by atoms with Crippen LogP contribution in [0.15, 0.2) is 30.6 Å². The maximum absolute atomic E-state index is 13.2. The predicted molar refractivity (Wildman–Crippen MR) is 80.7 cm³/mol. The number of H-pyrrole nitrogens is 1. The summed E-state index contributed by atoms with van der Waals surface area (Å²) < 4.78 is 13.2. The summed E-state index contributed by atoms with van der Waals surface area (Å²) in [5, 5.41) is 16.9. The minimum absolute atomic E-state index is 0.0753. The molecular weight excluding hydrogens is 299 g/mol. The van der Waals surface area contributed by atoms with E-state index in [0.29, 0.717) is 17.9 Å². The lowest BCUT2D eigenvalue weighted by Gasteiger charge is -2.34. The second-order valence-electron chi connectivity index (χ2n) is 5.74. The molecule has 1 aliphatic rings. The van der Waals surface area contributed by atoms with Gasteiger partial charge in [0.1, 0.15) is 18.0 Å². The van der Waals surface area contributed by atoms with E-state index in [1.807, 2.05) is 0 Å². The van der Waals surface area contributed by atoms with Gasteiger partial charge in [0.05, 0.1) is 18.6 Å². The summed E-state index contributed by atoms with van der Waals surface area (Å²) in [6.07, 6.45) is 3.09. The number of aliphatic hydroxyl groups excluding tert-OH is 1. The van der Waals surface area contributed by atoms with Crippen molar-refractivity contribution in [2.24, 2.45) is 0 Å². The van der Waals surface area contributed by atoms with E-state index in [2.05, 4.69) is 15.2 Å². The standard InChI is InChI=1S/C16H19FN4O2/c17-12-5-3-4-11(8-12)14(22)9-15(23)21-7-2-1-6-13(21)16-18-10-19-20-16/h3-5,8,10,13-14,22H,1-2,6-7,9H2,(H,18,19,20). The second kappa shape index (κ2) is 6.87. The van der Waals surface area contributed by atoms with E-state index in [1.165, 1.54) is 24.5 Å². The lowest BCUT2D eigenvalue weighted by atomic mass is 9.99. The van der Waals surface area contributed by atoms with Crippen LogP contribution in [0.3, 0.4) is 0 Å². The van der Waals surface area contributed by atoms with Crippen molar-refractivity contribution in [2.45, 2.75) is 37.8 Å². The SMILES string of the molecule is O=C(CC(O)c1cccc(F)c1)N1CCCCC1c1ncn[nH]1. The van der Waals surface area contributed by atoms with E-state index in [-0.39, 0.29) is 18.4 Å². The molecule has 1 saturated heterocycles. The monoisotopic (exact) mass is 318 g/mol. The van der Waals surface area contributed by atoms with E-state index in [0.717, 1.165) is 19.3 Å². The Morgan fingerprint density at radius 2 is 2.35 bits per heavy atom. The molecule has 0 spiro atoms. The van der Waals surface area contributed by atoms with Gasteiger partial charge in [0.15, 0.2) is 0 Å². The number of likely N-dealkylation sites (tertiary alicyclic amines) is 1. The Kier molecular flexibility index (Phi) is 4.66. The Labute approximate surface area is 133 Å². The van der Waals surface area contributed by atoms with E-state index < -0.39 is 11.9 Å². The number of carbonyl (C=O) groups is 1. The zero-order valence-electron chi connectivity index (χ0n) is 12.7. The molecule has 0 aliphatic carbocycles. The van der Waals surface area contributed by atoms with Gasteiger partial charge in [-0.05, 0) is 37.0 Å². The van der Waals surface area contributed by atoms with Crippen molar-refractivity contribution in [1.82, 2.24) is 20.1 Å². The number of nitrogens with zero attached hydrogens (tertiary/aromatic N) is 3. The molecule has 3 rings (SSSR count). The number of aromatic amines is 1. The van der Waals surface area contributed by atoms with Crippen LogP contribution in [0.1, 0.15) is 49.2 Å². The average Bonchev–Trinajstić information content (AvgIpc) is 3.09. The molecule has 2 unspecified atom stereocenters. The Balaban J connectivity index is 1.71. The van der Waals surface area contributed by atoms with Crippen molar-refractivity contribution < 1.29 is 14.3 Å². The molecule has 2 heterocycles. The number of hydrogen-bond acceptors (Lipinski definition) is 4. The molecule has 7 heteroatoms. The molecule has 1 aromatic heterocycles. The van der Waals surface area contributed by atoms with Crippen LogP contribution >= 0.6 is 0 Å². The third-order valence-corrected chi connectivity index (χ3v) is 4.17. The number of rotatable bonds is 4. The van der Waals surface area contributed by atoms with Crippen LogP contribution in [-0.2, 0) is 4.79 Å². The number of aromatic nitrogens is 3. The molecule has 2 aromatic rings. The van der Waals surface area contributed by atoms with E-state index in [9.17, 15) is 14.3 Å². The van der Waals surface area contributed by atoms with Crippen LogP contribution in [0.4, 0.5) is 4.39 Å². The van der Waals surface area contributed by atoms with Crippen molar-refractivity contribution in [3.63, 3.8) is 0 Å². The minimum Gasteiger partial charge on any atom is -0.388 e. The van der Waals surface area contributed by atoms with E-state index >= 15 is 0 Å². The van der Waals surface area contributed by atoms with E-state index in [1.54, 1.807) is 11.0 Å². The Morgan fingerprint density at radius 1 is 1.48 bits per heavy atom. The van der Waals surface area contributed by atoms with Gasteiger partial charge in [0, 0.05) is 6.54 Å². The van der Waals surface area contributed by atoms with Crippen molar-refractivity contribution in [2.75, 3.05) is 6.54 Å². The molecule has 1 amide bonds. The van der Waals surface area contributed by atoms with Crippen molar-refractivity contribution >= 4 is 5.91 Å². The topological polar surface area (TPSA) is 82.1 Å². The maximum atomic E-state index is 13.2. The first-order valence-corrected chi connectivity index (χ1v) is 7.73. The molecular formula is C16H19FN4O2. The first-order valence-electron chi connectivity index (χ1n) is 7.73. The van der Waals surface area contributed by atoms with Crippen LogP contribution in [0.25, 0.3) is 0 Å². The molecule has 0 radical (unpaired) electrons. The van der Waals surface area contributed by atoms with Gasteiger partial charge in [-0.25, -0.2) is 9.37 Å². The highest BCUT2D eigenvalue weighted by Gasteiger charge is 2.30. The Hall–Kier alpha value is -2.28. The van der Waals surface area contributed by atoms with Crippen LogP contribution in [0.5, 0.6) is 0 Å². The first kappa shape index (κ1) is 15.6. The molecule has 1 fully saturated rings. The largest absolute Gasteiger partial charge is 0.388 e. The number of carbonyl (C=O) groups excluding carboxylic acids is 1. The molecule has 2 atom stereocenters. The number of piperidine rings is 1. The van der Waals surface area contributed by atoms with Crippen LogP contribution in [0, 0.1) is 5.82 Å². The molecule has 2 N–H and O–H groups in total. The highest BCUT2D eigenvalue weighted by atomic mass is 19.1. The van der Waals surface area contributed by atoms with Crippen LogP contribution in [0.2, 0.25) is 0 Å². The molecule has 1 aliphatic heterocycles. The van der Waals surface area contributed by atoms with Gasteiger partial charge in [0.2, 0.25) is 5.91 Å². The lowest BCUT2D eigenvalue weighted by Crippen LogP contribution is -2.39. The van der Waals surface area contributed by atoms with Crippen molar-refractivity contribution in [3.05, 3.63) is 47.8 Å². The number of aliphatic hydroxyl groups is 1. The summed E-state index contributed by atoms with van der Waals surface area (Å²) in [6.45, 7) is 0.625. The number of amides is 1. The highest BCUT2D eigenvalue weighted by molar-refractivity contribution is 5.77. The predicted octanol–water partition coefficient (Wildman–Crippen LogP) is 2.12. The molecule has 122 valence electrons.